The van der Waals surface area contributed by atoms with Gasteiger partial charge in [-0.05, 0) is 24.8 Å². The number of piperidine rings is 1. The molecular weight excluding hydrogens is 372 g/mol. The van der Waals surface area contributed by atoms with Crippen molar-refractivity contribution in [1.29, 1.82) is 0 Å². The van der Waals surface area contributed by atoms with E-state index in [4.69, 9.17) is 0 Å². The zero-order valence-corrected chi connectivity index (χ0v) is 17.3. The summed E-state index contributed by atoms with van der Waals surface area (Å²) in [5, 5.41) is 8.68. The Hall–Kier alpha value is -2.25. The van der Waals surface area contributed by atoms with Crippen LogP contribution in [-0.4, -0.2) is 54.4 Å². The van der Waals surface area contributed by atoms with Crippen LogP contribution in [0.25, 0.3) is 10.6 Å². The van der Waals surface area contributed by atoms with E-state index in [0.717, 1.165) is 48.6 Å². The highest BCUT2D eigenvalue weighted by Gasteiger charge is 2.22. The third-order valence-electron chi connectivity index (χ3n) is 5.10. The molecule has 1 fully saturated rings. The van der Waals surface area contributed by atoms with Crippen LogP contribution in [0.3, 0.4) is 0 Å². The molecule has 1 aliphatic rings. The number of aromatic nitrogens is 1. The maximum Gasteiger partial charge on any atom is 0.233 e. The van der Waals surface area contributed by atoms with Crippen molar-refractivity contribution in [3.8, 4) is 10.6 Å². The number of nitrogens with one attached hydrogen (secondary N) is 2. The van der Waals surface area contributed by atoms with Gasteiger partial charge in [-0.3, -0.25) is 14.5 Å². The Balaban J connectivity index is 1.46. The minimum Gasteiger partial charge on any atom is -0.358 e. The number of aryl methyl sites for hydroxylation is 1. The van der Waals surface area contributed by atoms with Gasteiger partial charge in [0.2, 0.25) is 11.8 Å². The average molecular weight is 401 g/mol. The van der Waals surface area contributed by atoms with Gasteiger partial charge in [0.15, 0.2) is 0 Å². The molecule has 1 aromatic heterocycles. The molecule has 1 aromatic carbocycles. The monoisotopic (exact) mass is 400 g/mol. The lowest BCUT2D eigenvalue weighted by Crippen LogP contribution is -2.47. The third-order valence-corrected chi connectivity index (χ3v) is 6.04. The molecule has 2 heterocycles. The van der Waals surface area contributed by atoms with Crippen molar-refractivity contribution in [3.05, 3.63) is 40.9 Å². The van der Waals surface area contributed by atoms with Crippen LogP contribution in [0, 0.1) is 0 Å². The highest BCUT2D eigenvalue weighted by Crippen LogP contribution is 2.24. The molecule has 0 spiro atoms. The number of hydrogen-bond acceptors (Lipinski definition) is 5. The van der Waals surface area contributed by atoms with Crippen LogP contribution in [0.1, 0.15) is 31.0 Å². The lowest BCUT2D eigenvalue weighted by molar-refractivity contribution is -0.123. The lowest BCUT2D eigenvalue weighted by atomic mass is 10.0. The Morgan fingerprint density at radius 2 is 1.89 bits per heavy atom. The third kappa shape index (κ3) is 5.62. The Morgan fingerprint density at radius 1 is 1.18 bits per heavy atom. The van der Waals surface area contributed by atoms with Crippen molar-refractivity contribution in [2.24, 2.45) is 0 Å². The fraction of sp³-hybridized carbons (Fsp3) is 0.476. The smallest absolute Gasteiger partial charge is 0.233 e. The van der Waals surface area contributed by atoms with E-state index >= 15 is 0 Å². The van der Waals surface area contributed by atoms with Crippen LogP contribution in [0.4, 0.5) is 0 Å². The summed E-state index contributed by atoms with van der Waals surface area (Å²) in [7, 11) is 1.65. The summed E-state index contributed by atoms with van der Waals surface area (Å²) in [6, 6.07) is 8.61. The summed E-state index contributed by atoms with van der Waals surface area (Å²) in [5.41, 5.74) is 3.22. The fourth-order valence-electron chi connectivity index (χ4n) is 3.36. The number of likely N-dealkylation sites (N-methyl/N-ethyl adjacent to an activating group) is 1. The van der Waals surface area contributed by atoms with Crippen LogP contribution in [-0.2, 0) is 22.4 Å². The van der Waals surface area contributed by atoms with Gasteiger partial charge in [-0.25, -0.2) is 4.98 Å². The number of carbonyl (C=O) groups is 2. The summed E-state index contributed by atoms with van der Waals surface area (Å²) < 4.78 is 0. The molecule has 0 saturated carbocycles. The Morgan fingerprint density at radius 3 is 2.54 bits per heavy atom. The molecule has 0 unspecified atom stereocenters. The standard InChI is InChI=1S/C21H28N4O2S/c1-3-15-4-6-16(7-5-15)21-24-18(14-28-21)12-19(26)23-17-8-10-25(11-9-17)13-20(27)22-2/h4-7,14,17H,3,8-13H2,1-2H3,(H,22,27)(H,23,26). The van der Waals surface area contributed by atoms with E-state index in [1.54, 1.807) is 18.4 Å². The van der Waals surface area contributed by atoms with Crippen LogP contribution in [0.15, 0.2) is 29.6 Å². The van der Waals surface area contributed by atoms with Crippen molar-refractivity contribution in [2.75, 3.05) is 26.7 Å². The highest BCUT2D eigenvalue weighted by atomic mass is 32.1. The van der Waals surface area contributed by atoms with Gasteiger partial charge in [0, 0.05) is 37.1 Å². The molecule has 7 heteroatoms. The van der Waals surface area contributed by atoms with Crippen molar-refractivity contribution in [3.63, 3.8) is 0 Å². The molecule has 28 heavy (non-hydrogen) atoms. The molecular formula is C21H28N4O2S. The van der Waals surface area contributed by atoms with Crippen molar-refractivity contribution in [2.45, 2.75) is 38.6 Å². The Labute approximate surface area is 170 Å². The van der Waals surface area contributed by atoms with Gasteiger partial charge >= 0.3 is 0 Å². The number of likely N-dealkylation sites (tertiary alicyclic amines) is 1. The van der Waals surface area contributed by atoms with Crippen molar-refractivity contribution in [1.82, 2.24) is 20.5 Å². The van der Waals surface area contributed by atoms with Crippen LogP contribution in [0.2, 0.25) is 0 Å². The Bertz CT molecular complexity index is 795. The minimum atomic E-state index is 0.0166. The van der Waals surface area contributed by atoms with Gasteiger partial charge in [-0.1, -0.05) is 31.2 Å². The zero-order chi connectivity index (χ0) is 19.9. The van der Waals surface area contributed by atoms with E-state index < -0.39 is 0 Å². The van der Waals surface area contributed by atoms with Crippen LogP contribution >= 0.6 is 11.3 Å². The van der Waals surface area contributed by atoms with E-state index in [2.05, 4.69) is 51.7 Å². The number of carbonyl (C=O) groups excluding carboxylic acids is 2. The largest absolute Gasteiger partial charge is 0.358 e. The normalized spacial score (nSPS) is 15.4. The van der Waals surface area contributed by atoms with Crippen LogP contribution in [0.5, 0.6) is 0 Å². The number of rotatable bonds is 7. The van der Waals surface area contributed by atoms with Gasteiger partial charge < -0.3 is 10.6 Å². The van der Waals surface area contributed by atoms with Crippen molar-refractivity contribution >= 4 is 23.2 Å². The highest BCUT2D eigenvalue weighted by molar-refractivity contribution is 7.13. The van der Waals surface area contributed by atoms with Gasteiger partial charge in [-0.15, -0.1) is 11.3 Å². The van der Waals surface area contributed by atoms with Gasteiger partial charge in [0.1, 0.15) is 5.01 Å². The van der Waals surface area contributed by atoms with Crippen molar-refractivity contribution < 1.29 is 9.59 Å². The predicted molar refractivity (Wildman–Crippen MR) is 112 cm³/mol. The fourth-order valence-corrected chi connectivity index (χ4v) is 4.19. The first-order chi connectivity index (χ1) is 13.6. The van der Waals surface area contributed by atoms with E-state index in [1.165, 1.54) is 5.56 Å². The number of amides is 2. The molecule has 3 rings (SSSR count). The second-order valence-corrected chi connectivity index (χ2v) is 8.02. The summed E-state index contributed by atoms with van der Waals surface area (Å²) in [6.07, 6.45) is 3.07. The molecule has 0 radical (unpaired) electrons. The Kier molecular flexibility index (Phi) is 7.17. The quantitative estimate of drug-likeness (QED) is 0.748. The first-order valence-corrected chi connectivity index (χ1v) is 10.7. The van der Waals surface area contributed by atoms with E-state index in [1.807, 2.05) is 5.38 Å². The maximum atomic E-state index is 12.4. The van der Waals surface area contributed by atoms with Gasteiger partial charge in [-0.2, -0.15) is 0 Å². The minimum absolute atomic E-state index is 0.0166. The molecule has 2 aromatic rings. The number of thiazole rings is 1. The lowest BCUT2D eigenvalue weighted by Gasteiger charge is -2.31. The number of benzene rings is 1. The van der Waals surface area contributed by atoms with Gasteiger partial charge in [0.05, 0.1) is 18.7 Å². The second kappa shape index (κ2) is 9.80. The first-order valence-electron chi connectivity index (χ1n) is 9.83. The molecule has 2 amide bonds. The molecule has 150 valence electrons. The van der Waals surface area contributed by atoms with E-state index in [-0.39, 0.29) is 17.9 Å². The van der Waals surface area contributed by atoms with E-state index in [9.17, 15) is 9.59 Å². The molecule has 2 N–H and O–H groups in total. The zero-order valence-electron chi connectivity index (χ0n) is 16.5. The molecule has 0 aliphatic carbocycles. The summed E-state index contributed by atoms with van der Waals surface area (Å²) in [4.78, 5) is 30.6. The molecule has 0 bridgehead atoms. The summed E-state index contributed by atoms with van der Waals surface area (Å²) in [5.74, 6) is 0.0501. The second-order valence-electron chi connectivity index (χ2n) is 7.16. The maximum absolute atomic E-state index is 12.4. The average Bonchev–Trinajstić information content (AvgIpc) is 3.17. The summed E-state index contributed by atoms with van der Waals surface area (Å²) >= 11 is 1.58. The molecule has 1 aliphatic heterocycles. The van der Waals surface area contributed by atoms with E-state index in [0.29, 0.717) is 13.0 Å². The molecule has 0 atom stereocenters. The molecule has 6 nitrogen and oxygen atoms in total. The topological polar surface area (TPSA) is 74.3 Å². The molecule has 1 saturated heterocycles. The van der Waals surface area contributed by atoms with Gasteiger partial charge in [0.25, 0.3) is 0 Å². The first kappa shape index (κ1) is 20.5. The summed E-state index contributed by atoms with van der Waals surface area (Å²) in [6.45, 7) is 4.22. The number of hydrogen-bond donors (Lipinski definition) is 2. The number of nitrogens with zero attached hydrogens (tertiary/aromatic N) is 2. The SMILES string of the molecule is CCc1ccc(-c2nc(CC(=O)NC3CCN(CC(=O)NC)CC3)cs2)cc1. The predicted octanol–water partition coefficient (Wildman–Crippen LogP) is 2.24. The van der Waals surface area contributed by atoms with Crippen LogP contribution < -0.4 is 10.6 Å².